The second-order valence-electron chi connectivity index (χ2n) is 4.66. The maximum atomic E-state index is 12.1. The van der Waals surface area contributed by atoms with Crippen LogP contribution in [0.15, 0.2) is 30.3 Å². The molecule has 1 N–H and O–H groups in total. The number of amides is 1. The summed E-state index contributed by atoms with van der Waals surface area (Å²) in [7, 11) is 0. The van der Waals surface area contributed by atoms with E-state index in [0.717, 1.165) is 5.56 Å². The zero-order valence-electron chi connectivity index (χ0n) is 11.5. The molecule has 1 aliphatic heterocycles. The molecular formula is C15H23NO2. The maximum absolute atomic E-state index is 12.1. The van der Waals surface area contributed by atoms with Gasteiger partial charge in [0, 0.05) is 18.7 Å². The van der Waals surface area contributed by atoms with E-state index in [-0.39, 0.29) is 5.91 Å². The quantitative estimate of drug-likeness (QED) is 0.831. The molecule has 2 rings (SSSR count). The van der Waals surface area contributed by atoms with Crippen molar-refractivity contribution in [1.82, 2.24) is 4.90 Å². The maximum Gasteiger partial charge on any atom is 0.253 e. The molecule has 18 heavy (non-hydrogen) atoms. The van der Waals surface area contributed by atoms with Gasteiger partial charge in [0.15, 0.2) is 0 Å². The molecule has 1 aromatic rings. The van der Waals surface area contributed by atoms with E-state index in [1.807, 2.05) is 56.0 Å². The van der Waals surface area contributed by atoms with E-state index in [9.17, 15) is 9.90 Å². The van der Waals surface area contributed by atoms with Gasteiger partial charge in [0.2, 0.25) is 0 Å². The van der Waals surface area contributed by atoms with Crippen LogP contribution in [0.1, 0.15) is 44.0 Å². The largest absolute Gasteiger partial charge is 0.390 e. The minimum absolute atomic E-state index is 0.0658. The molecule has 0 bridgehead atoms. The highest BCUT2D eigenvalue weighted by Crippen LogP contribution is 2.22. The van der Waals surface area contributed by atoms with Crippen molar-refractivity contribution in [3.63, 3.8) is 0 Å². The summed E-state index contributed by atoms with van der Waals surface area (Å²) < 4.78 is 0. The van der Waals surface area contributed by atoms with Crippen LogP contribution in [-0.4, -0.2) is 34.6 Å². The minimum Gasteiger partial charge on any atom is -0.390 e. The first-order valence-electron chi connectivity index (χ1n) is 6.65. The SMILES string of the molecule is CC.CC1(O)CCN(C(=O)c2ccccc2)CC1. The van der Waals surface area contributed by atoms with Gasteiger partial charge in [-0.15, -0.1) is 0 Å². The Hall–Kier alpha value is -1.35. The topological polar surface area (TPSA) is 40.5 Å². The molecule has 1 saturated heterocycles. The first kappa shape index (κ1) is 14.7. The molecule has 1 aliphatic rings. The molecule has 0 atom stereocenters. The predicted molar refractivity (Wildman–Crippen MR) is 73.6 cm³/mol. The molecule has 0 unspecified atom stereocenters. The van der Waals surface area contributed by atoms with Crippen LogP contribution < -0.4 is 0 Å². The molecule has 1 heterocycles. The summed E-state index contributed by atoms with van der Waals surface area (Å²) in [6.45, 7) is 7.11. The highest BCUT2D eigenvalue weighted by Gasteiger charge is 2.29. The summed E-state index contributed by atoms with van der Waals surface area (Å²) in [5.74, 6) is 0.0658. The Balaban J connectivity index is 0.000000771. The zero-order chi connectivity index (χ0) is 13.6. The van der Waals surface area contributed by atoms with Crippen molar-refractivity contribution in [3.8, 4) is 0 Å². The highest BCUT2D eigenvalue weighted by molar-refractivity contribution is 5.94. The van der Waals surface area contributed by atoms with Gasteiger partial charge in [-0.25, -0.2) is 0 Å². The Morgan fingerprint density at radius 1 is 1.17 bits per heavy atom. The fourth-order valence-corrected chi connectivity index (χ4v) is 1.95. The number of carbonyl (C=O) groups excluding carboxylic acids is 1. The van der Waals surface area contributed by atoms with Crippen molar-refractivity contribution in [2.45, 2.75) is 39.2 Å². The molecule has 0 spiro atoms. The van der Waals surface area contributed by atoms with Crippen LogP contribution in [0.3, 0.4) is 0 Å². The van der Waals surface area contributed by atoms with Crippen LogP contribution in [0.4, 0.5) is 0 Å². The van der Waals surface area contributed by atoms with E-state index in [1.54, 1.807) is 0 Å². The van der Waals surface area contributed by atoms with Crippen molar-refractivity contribution in [3.05, 3.63) is 35.9 Å². The first-order valence-corrected chi connectivity index (χ1v) is 6.65. The molecule has 0 radical (unpaired) electrons. The van der Waals surface area contributed by atoms with E-state index in [0.29, 0.717) is 25.9 Å². The van der Waals surface area contributed by atoms with Gasteiger partial charge in [0.25, 0.3) is 5.91 Å². The van der Waals surface area contributed by atoms with E-state index >= 15 is 0 Å². The number of piperidine rings is 1. The van der Waals surface area contributed by atoms with Gasteiger partial charge in [0.1, 0.15) is 0 Å². The summed E-state index contributed by atoms with van der Waals surface area (Å²) in [6.07, 6.45) is 1.32. The van der Waals surface area contributed by atoms with Crippen molar-refractivity contribution >= 4 is 5.91 Å². The molecule has 1 aromatic carbocycles. The fraction of sp³-hybridized carbons (Fsp3) is 0.533. The van der Waals surface area contributed by atoms with Gasteiger partial charge in [-0.2, -0.15) is 0 Å². The molecule has 3 nitrogen and oxygen atoms in total. The van der Waals surface area contributed by atoms with E-state index in [1.165, 1.54) is 0 Å². The Labute approximate surface area is 109 Å². The van der Waals surface area contributed by atoms with Crippen LogP contribution in [0.5, 0.6) is 0 Å². The van der Waals surface area contributed by atoms with Crippen LogP contribution >= 0.6 is 0 Å². The van der Waals surface area contributed by atoms with Crippen molar-refractivity contribution in [1.29, 1.82) is 0 Å². The predicted octanol–water partition coefficient (Wildman–Crippen LogP) is 2.70. The van der Waals surface area contributed by atoms with Crippen LogP contribution in [0, 0.1) is 0 Å². The summed E-state index contributed by atoms with van der Waals surface area (Å²) in [4.78, 5) is 13.9. The summed E-state index contributed by atoms with van der Waals surface area (Å²) in [5.41, 5.74) is 0.122. The normalized spacial score (nSPS) is 17.7. The second-order valence-corrected chi connectivity index (χ2v) is 4.66. The molecule has 1 fully saturated rings. The standard InChI is InChI=1S/C13H17NO2.C2H6/c1-13(16)7-9-14(10-8-13)12(15)11-5-3-2-4-6-11;1-2/h2-6,16H,7-10H2,1H3;1-2H3. The lowest BCUT2D eigenvalue weighted by atomic mass is 9.93. The number of hydrogen-bond acceptors (Lipinski definition) is 2. The van der Waals surface area contributed by atoms with Crippen LogP contribution in [0.25, 0.3) is 0 Å². The second kappa shape index (κ2) is 6.55. The lowest BCUT2D eigenvalue weighted by molar-refractivity contribution is -0.00202. The van der Waals surface area contributed by atoms with Gasteiger partial charge < -0.3 is 10.0 Å². The van der Waals surface area contributed by atoms with Gasteiger partial charge in [-0.05, 0) is 31.9 Å². The molecule has 0 aliphatic carbocycles. The Morgan fingerprint density at radius 3 is 2.17 bits per heavy atom. The smallest absolute Gasteiger partial charge is 0.253 e. The number of likely N-dealkylation sites (tertiary alicyclic amines) is 1. The number of nitrogens with zero attached hydrogens (tertiary/aromatic N) is 1. The van der Waals surface area contributed by atoms with Crippen LogP contribution in [-0.2, 0) is 0 Å². The number of hydrogen-bond donors (Lipinski definition) is 1. The molecule has 0 aromatic heterocycles. The Bertz CT molecular complexity index is 363. The molecule has 1 amide bonds. The molecule has 0 saturated carbocycles. The molecule has 100 valence electrons. The van der Waals surface area contributed by atoms with Crippen molar-refractivity contribution < 1.29 is 9.90 Å². The van der Waals surface area contributed by atoms with Gasteiger partial charge in [-0.3, -0.25) is 4.79 Å². The number of aliphatic hydroxyl groups is 1. The average molecular weight is 249 g/mol. The molecule has 3 heteroatoms. The summed E-state index contributed by atoms with van der Waals surface area (Å²) in [6, 6.07) is 9.29. The fourth-order valence-electron chi connectivity index (χ4n) is 1.95. The van der Waals surface area contributed by atoms with E-state index in [4.69, 9.17) is 0 Å². The van der Waals surface area contributed by atoms with Gasteiger partial charge >= 0.3 is 0 Å². The van der Waals surface area contributed by atoms with Gasteiger partial charge in [0.05, 0.1) is 5.60 Å². The third-order valence-corrected chi connectivity index (χ3v) is 3.15. The van der Waals surface area contributed by atoms with Crippen molar-refractivity contribution in [2.24, 2.45) is 0 Å². The lowest BCUT2D eigenvalue weighted by Crippen LogP contribution is -2.45. The number of benzene rings is 1. The zero-order valence-corrected chi connectivity index (χ0v) is 11.5. The minimum atomic E-state index is -0.604. The Morgan fingerprint density at radius 2 is 1.67 bits per heavy atom. The average Bonchev–Trinajstić information content (AvgIpc) is 2.41. The monoisotopic (exact) mass is 249 g/mol. The van der Waals surface area contributed by atoms with E-state index < -0.39 is 5.60 Å². The van der Waals surface area contributed by atoms with Crippen molar-refractivity contribution in [2.75, 3.05) is 13.1 Å². The number of carbonyl (C=O) groups is 1. The molecular weight excluding hydrogens is 226 g/mol. The number of rotatable bonds is 1. The third-order valence-electron chi connectivity index (χ3n) is 3.15. The lowest BCUT2D eigenvalue weighted by Gasteiger charge is -2.35. The van der Waals surface area contributed by atoms with Gasteiger partial charge in [-0.1, -0.05) is 32.0 Å². The summed E-state index contributed by atoms with van der Waals surface area (Å²) in [5, 5.41) is 9.81. The van der Waals surface area contributed by atoms with E-state index in [2.05, 4.69) is 0 Å². The first-order chi connectivity index (χ1) is 8.58. The summed E-state index contributed by atoms with van der Waals surface area (Å²) >= 11 is 0. The van der Waals surface area contributed by atoms with Crippen LogP contribution in [0.2, 0.25) is 0 Å². The highest BCUT2D eigenvalue weighted by atomic mass is 16.3. The third kappa shape index (κ3) is 3.84. The Kier molecular flexibility index (Phi) is 5.35.